The van der Waals surface area contributed by atoms with Crippen LogP contribution in [0.25, 0.3) is 0 Å². The lowest BCUT2D eigenvalue weighted by atomic mass is 9.96. The van der Waals surface area contributed by atoms with E-state index in [2.05, 4.69) is 4.90 Å². The van der Waals surface area contributed by atoms with E-state index in [1.165, 1.54) is 0 Å². The van der Waals surface area contributed by atoms with Gasteiger partial charge in [0.1, 0.15) is 5.75 Å². The number of carbonyl (C=O) groups excluding carboxylic acids is 1. The van der Waals surface area contributed by atoms with E-state index >= 15 is 0 Å². The number of rotatable bonds is 7. The molecule has 24 heavy (non-hydrogen) atoms. The van der Waals surface area contributed by atoms with Crippen molar-refractivity contribution in [1.29, 1.82) is 0 Å². The number of aliphatic hydroxyl groups is 1. The molecule has 0 saturated carbocycles. The molecule has 1 amide bonds. The zero-order valence-electron chi connectivity index (χ0n) is 15.1. The van der Waals surface area contributed by atoms with E-state index in [-0.39, 0.29) is 18.1 Å². The summed E-state index contributed by atoms with van der Waals surface area (Å²) >= 11 is 0. The van der Waals surface area contributed by atoms with Gasteiger partial charge in [-0.25, -0.2) is 0 Å². The number of nitrogens with zero attached hydrogens (tertiary/aromatic N) is 2. The molecule has 2 atom stereocenters. The van der Waals surface area contributed by atoms with E-state index in [1.807, 2.05) is 38.2 Å². The number of hydrogen-bond donors (Lipinski definition) is 1. The highest BCUT2D eigenvalue weighted by atomic mass is 16.5. The van der Waals surface area contributed by atoms with Gasteiger partial charge in [-0.2, -0.15) is 0 Å². The van der Waals surface area contributed by atoms with E-state index in [4.69, 9.17) is 4.74 Å². The monoisotopic (exact) mass is 334 g/mol. The maximum Gasteiger partial charge on any atom is 0.236 e. The predicted molar refractivity (Wildman–Crippen MR) is 95.0 cm³/mol. The van der Waals surface area contributed by atoms with E-state index < -0.39 is 0 Å². The van der Waals surface area contributed by atoms with Crippen molar-refractivity contribution in [3.8, 4) is 5.75 Å². The van der Waals surface area contributed by atoms with Gasteiger partial charge < -0.3 is 14.7 Å². The van der Waals surface area contributed by atoms with Gasteiger partial charge in [0, 0.05) is 19.6 Å². The van der Waals surface area contributed by atoms with Crippen LogP contribution < -0.4 is 4.74 Å². The van der Waals surface area contributed by atoms with Crippen molar-refractivity contribution in [2.45, 2.75) is 51.3 Å². The molecule has 0 radical (unpaired) electrons. The number of amides is 1. The summed E-state index contributed by atoms with van der Waals surface area (Å²) in [6.45, 7) is 3.85. The highest BCUT2D eigenvalue weighted by Crippen LogP contribution is 2.21. The first-order chi connectivity index (χ1) is 11.5. The maximum atomic E-state index is 12.6. The third kappa shape index (κ3) is 4.95. The van der Waals surface area contributed by atoms with Crippen LogP contribution in [-0.4, -0.2) is 60.2 Å². The second kappa shape index (κ2) is 9.04. The Hall–Kier alpha value is -1.59. The summed E-state index contributed by atoms with van der Waals surface area (Å²) in [5.41, 5.74) is 1.08. The maximum absolute atomic E-state index is 12.6. The minimum absolute atomic E-state index is 0.0982. The summed E-state index contributed by atoms with van der Waals surface area (Å²) in [7, 11) is 3.48. The fraction of sp³-hybridized carbons (Fsp3) is 0.632. The first kappa shape index (κ1) is 18.7. The largest absolute Gasteiger partial charge is 0.497 e. The number of methoxy groups -OCH3 is 1. The molecule has 134 valence electrons. The second-order valence-corrected chi connectivity index (χ2v) is 6.61. The second-order valence-electron chi connectivity index (χ2n) is 6.61. The third-order valence-electron chi connectivity index (χ3n) is 4.87. The molecular formula is C19H30N2O3. The fourth-order valence-electron chi connectivity index (χ4n) is 3.31. The Balaban J connectivity index is 1.91. The molecule has 5 heteroatoms. The molecule has 1 aromatic carbocycles. The number of ether oxygens (including phenoxy) is 1. The van der Waals surface area contributed by atoms with Crippen molar-refractivity contribution < 1.29 is 14.6 Å². The highest BCUT2D eigenvalue weighted by molar-refractivity contribution is 5.78. The molecule has 0 aliphatic carbocycles. The van der Waals surface area contributed by atoms with E-state index in [0.717, 1.165) is 43.5 Å². The number of piperidine rings is 1. The lowest BCUT2D eigenvalue weighted by Gasteiger charge is -2.38. The molecule has 0 spiro atoms. The number of aliphatic hydroxyl groups excluding tert-OH is 1. The number of carbonyl (C=O) groups is 1. The zero-order valence-corrected chi connectivity index (χ0v) is 15.1. The van der Waals surface area contributed by atoms with E-state index in [9.17, 15) is 9.90 Å². The number of benzene rings is 1. The third-order valence-corrected chi connectivity index (χ3v) is 4.87. The Bertz CT molecular complexity index is 518. The smallest absolute Gasteiger partial charge is 0.236 e. The van der Waals surface area contributed by atoms with Crippen LogP contribution in [0.5, 0.6) is 5.75 Å². The molecule has 0 aromatic heterocycles. The van der Waals surface area contributed by atoms with Gasteiger partial charge in [-0.05, 0) is 43.5 Å². The zero-order chi connectivity index (χ0) is 17.5. The van der Waals surface area contributed by atoms with Crippen LogP contribution in [-0.2, 0) is 11.3 Å². The Kier molecular flexibility index (Phi) is 7.06. The lowest BCUT2D eigenvalue weighted by Crippen LogP contribution is -2.50. The number of hydrogen-bond acceptors (Lipinski definition) is 4. The molecule has 1 saturated heterocycles. The predicted octanol–water partition coefficient (Wildman–Crippen LogP) is 2.28. The molecule has 2 unspecified atom stereocenters. The molecular weight excluding hydrogens is 304 g/mol. The summed E-state index contributed by atoms with van der Waals surface area (Å²) in [5.74, 6) is 0.915. The first-order valence-electron chi connectivity index (χ1n) is 8.84. The highest BCUT2D eigenvalue weighted by Gasteiger charge is 2.29. The molecule has 1 aliphatic rings. The van der Waals surface area contributed by atoms with Crippen LogP contribution in [0.1, 0.15) is 38.2 Å². The SMILES string of the molecule is CCC(O)C1CCCCN1CC(=O)N(C)Cc1ccc(OC)cc1. The minimum atomic E-state index is -0.343. The van der Waals surface area contributed by atoms with Crippen LogP contribution in [0.3, 0.4) is 0 Å². The van der Waals surface area contributed by atoms with Crippen LogP contribution in [0.4, 0.5) is 0 Å². The standard InChI is InChI=1S/C19H30N2O3/c1-4-18(22)17-7-5-6-12-21(17)14-19(23)20(2)13-15-8-10-16(24-3)11-9-15/h8-11,17-18,22H,4-7,12-14H2,1-3H3. The summed E-state index contributed by atoms with van der Waals surface area (Å²) < 4.78 is 5.16. The number of likely N-dealkylation sites (N-methyl/N-ethyl adjacent to an activating group) is 1. The van der Waals surface area contributed by atoms with Crippen LogP contribution >= 0.6 is 0 Å². The normalized spacial score (nSPS) is 19.8. The van der Waals surface area contributed by atoms with Gasteiger partial charge in [0.05, 0.1) is 19.8 Å². The Morgan fingerprint density at radius 3 is 2.71 bits per heavy atom. The molecule has 2 rings (SSSR count). The molecule has 5 nitrogen and oxygen atoms in total. The quantitative estimate of drug-likeness (QED) is 0.831. The van der Waals surface area contributed by atoms with Crippen molar-refractivity contribution in [2.24, 2.45) is 0 Å². The average Bonchev–Trinajstić information content (AvgIpc) is 2.62. The van der Waals surface area contributed by atoms with Crippen LogP contribution in [0, 0.1) is 0 Å². The van der Waals surface area contributed by atoms with Crippen molar-refractivity contribution in [2.75, 3.05) is 27.2 Å². The Labute approximate surface area is 145 Å². The van der Waals surface area contributed by atoms with Gasteiger partial charge in [0.15, 0.2) is 0 Å². The summed E-state index contributed by atoms with van der Waals surface area (Å²) in [6.07, 6.45) is 3.60. The van der Waals surface area contributed by atoms with Gasteiger partial charge in [0.2, 0.25) is 5.91 Å². The fourth-order valence-corrected chi connectivity index (χ4v) is 3.31. The molecule has 1 aliphatic heterocycles. The van der Waals surface area contributed by atoms with Crippen molar-refractivity contribution in [1.82, 2.24) is 9.80 Å². The van der Waals surface area contributed by atoms with Gasteiger partial charge in [-0.15, -0.1) is 0 Å². The van der Waals surface area contributed by atoms with E-state index in [1.54, 1.807) is 12.0 Å². The van der Waals surface area contributed by atoms with Crippen LogP contribution in [0.15, 0.2) is 24.3 Å². The van der Waals surface area contributed by atoms with Crippen LogP contribution in [0.2, 0.25) is 0 Å². The molecule has 0 bridgehead atoms. The van der Waals surface area contributed by atoms with Crippen molar-refractivity contribution in [3.63, 3.8) is 0 Å². The van der Waals surface area contributed by atoms with Crippen molar-refractivity contribution >= 4 is 5.91 Å². The minimum Gasteiger partial charge on any atom is -0.497 e. The van der Waals surface area contributed by atoms with Gasteiger partial charge >= 0.3 is 0 Å². The van der Waals surface area contributed by atoms with Gasteiger partial charge in [-0.1, -0.05) is 25.5 Å². The molecule has 1 N–H and O–H groups in total. The topological polar surface area (TPSA) is 53.0 Å². The average molecular weight is 334 g/mol. The van der Waals surface area contributed by atoms with E-state index in [0.29, 0.717) is 13.1 Å². The molecule has 1 fully saturated rings. The summed E-state index contributed by atoms with van der Waals surface area (Å²) in [6, 6.07) is 7.89. The Morgan fingerprint density at radius 1 is 1.38 bits per heavy atom. The van der Waals surface area contributed by atoms with Crippen molar-refractivity contribution in [3.05, 3.63) is 29.8 Å². The van der Waals surface area contributed by atoms with Gasteiger partial charge in [-0.3, -0.25) is 9.69 Å². The molecule has 1 aromatic rings. The Morgan fingerprint density at radius 2 is 2.08 bits per heavy atom. The molecule has 1 heterocycles. The first-order valence-corrected chi connectivity index (χ1v) is 8.84. The summed E-state index contributed by atoms with van der Waals surface area (Å²) in [4.78, 5) is 16.5. The summed E-state index contributed by atoms with van der Waals surface area (Å²) in [5, 5.41) is 10.2. The number of likely N-dealkylation sites (tertiary alicyclic amines) is 1. The lowest BCUT2D eigenvalue weighted by molar-refractivity contribution is -0.133. The van der Waals surface area contributed by atoms with Gasteiger partial charge in [0.25, 0.3) is 0 Å².